The fourth-order valence-electron chi connectivity index (χ4n) is 2.24. The van der Waals surface area contributed by atoms with Crippen molar-refractivity contribution in [2.75, 3.05) is 45.3 Å². The summed E-state index contributed by atoms with van der Waals surface area (Å²) in [7, 11) is 4.12. The molecule has 0 spiro atoms. The van der Waals surface area contributed by atoms with Crippen molar-refractivity contribution >= 4 is 11.8 Å². The lowest BCUT2D eigenvalue weighted by atomic mass is 10.1. The van der Waals surface area contributed by atoms with E-state index in [2.05, 4.69) is 67.2 Å². The molecule has 0 saturated carbocycles. The molecule has 2 rings (SSSR count). The van der Waals surface area contributed by atoms with Gasteiger partial charge >= 0.3 is 0 Å². The molecule has 1 aliphatic rings. The van der Waals surface area contributed by atoms with E-state index in [9.17, 15) is 0 Å². The molecule has 0 N–H and O–H groups in total. The van der Waals surface area contributed by atoms with Gasteiger partial charge in [-0.1, -0.05) is 24.3 Å². The van der Waals surface area contributed by atoms with Gasteiger partial charge in [0.2, 0.25) is 0 Å². The van der Waals surface area contributed by atoms with Gasteiger partial charge in [0.15, 0.2) is 0 Å². The van der Waals surface area contributed by atoms with E-state index in [1.165, 1.54) is 11.3 Å². The largest absolute Gasteiger partial charge is 0.379 e. The minimum absolute atomic E-state index is 0.470. The fourth-order valence-corrected chi connectivity index (χ4v) is 2.24. The Morgan fingerprint density at radius 2 is 1.79 bits per heavy atom. The fraction of sp³-hybridized carbons (Fsp3) is 0.500. The van der Waals surface area contributed by atoms with Gasteiger partial charge in [0, 0.05) is 38.9 Å². The molecule has 1 saturated heterocycles. The van der Waals surface area contributed by atoms with Crippen molar-refractivity contribution < 1.29 is 4.74 Å². The Kier molecular flexibility index (Phi) is 5.00. The zero-order valence-electron chi connectivity index (χ0n) is 12.2. The molecule has 1 aliphatic heterocycles. The Morgan fingerprint density at radius 3 is 2.37 bits per heavy atom. The van der Waals surface area contributed by atoms with Crippen LogP contribution in [0.15, 0.2) is 30.3 Å². The number of hydrogen-bond donors (Lipinski definition) is 0. The lowest BCUT2D eigenvalue weighted by molar-refractivity contribution is 0.0288. The topological polar surface area (TPSA) is 15.7 Å². The van der Waals surface area contributed by atoms with Crippen LogP contribution < -0.4 is 4.90 Å². The smallest absolute Gasteiger partial charge is 0.0594 e. The summed E-state index contributed by atoms with van der Waals surface area (Å²) in [5.74, 6) is 0. The molecule has 1 aromatic carbocycles. The Hall–Kier alpha value is -1.32. The third kappa shape index (κ3) is 4.08. The minimum atomic E-state index is 0.470. The molecule has 0 aliphatic carbocycles. The van der Waals surface area contributed by atoms with E-state index in [0.717, 1.165) is 26.3 Å². The first kappa shape index (κ1) is 14.1. The Balaban J connectivity index is 1.93. The number of hydrogen-bond acceptors (Lipinski definition) is 3. The van der Waals surface area contributed by atoms with E-state index in [4.69, 9.17) is 4.74 Å². The van der Waals surface area contributed by atoms with Crippen LogP contribution in [0, 0.1) is 0 Å². The highest BCUT2D eigenvalue weighted by Gasteiger charge is 2.14. The van der Waals surface area contributed by atoms with Gasteiger partial charge in [-0.05, 0) is 24.6 Å². The summed E-state index contributed by atoms with van der Waals surface area (Å²) < 4.78 is 5.38. The molecule has 19 heavy (non-hydrogen) atoms. The van der Waals surface area contributed by atoms with Crippen molar-refractivity contribution in [3.63, 3.8) is 0 Å². The lowest BCUT2D eigenvalue weighted by Crippen LogP contribution is -2.41. The number of benzene rings is 1. The maximum atomic E-state index is 5.38. The van der Waals surface area contributed by atoms with Gasteiger partial charge in [0.25, 0.3) is 0 Å². The van der Waals surface area contributed by atoms with Crippen molar-refractivity contribution in [2.45, 2.75) is 13.0 Å². The van der Waals surface area contributed by atoms with Gasteiger partial charge in [-0.2, -0.15) is 0 Å². The summed E-state index contributed by atoms with van der Waals surface area (Å²) in [5, 5.41) is 0. The average Bonchev–Trinajstić information content (AvgIpc) is 2.46. The number of nitrogens with zero attached hydrogens (tertiary/aromatic N) is 2. The van der Waals surface area contributed by atoms with Crippen LogP contribution in [-0.2, 0) is 4.74 Å². The first-order valence-corrected chi connectivity index (χ1v) is 6.94. The molecule has 0 aromatic heterocycles. The maximum Gasteiger partial charge on any atom is 0.0594 e. The summed E-state index contributed by atoms with van der Waals surface area (Å²) in [5.41, 5.74) is 2.49. The molecule has 0 amide bonds. The standard InChI is InChI=1S/C16H24N2O/c1-14(18-10-12-19-13-11-18)4-5-15-6-8-16(9-7-15)17(2)3/h4-9,14H,10-13H2,1-3H3. The molecule has 104 valence electrons. The summed E-state index contributed by atoms with van der Waals surface area (Å²) >= 11 is 0. The molecular weight excluding hydrogens is 236 g/mol. The second-order valence-electron chi connectivity index (χ2n) is 5.23. The van der Waals surface area contributed by atoms with Crippen LogP contribution in [-0.4, -0.2) is 51.3 Å². The third-order valence-electron chi connectivity index (χ3n) is 3.60. The first-order chi connectivity index (χ1) is 9.16. The van der Waals surface area contributed by atoms with Gasteiger partial charge in [-0.25, -0.2) is 0 Å². The van der Waals surface area contributed by atoms with Crippen LogP contribution in [0.3, 0.4) is 0 Å². The van der Waals surface area contributed by atoms with E-state index in [-0.39, 0.29) is 0 Å². The van der Waals surface area contributed by atoms with Crippen LogP contribution >= 0.6 is 0 Å². The van der Waals surface area contributed by atoms with E-state index < -0.39 is 0 Å². The highest BCUT2D eigenvalue weighted by atomic mass is 16.5. The molecule has 1 fully saturated rings. The number of morpholine rings is 1. The van der Waals surface area contributed by atoms with Crippen LogP contribution in [0.25, 0.3) is 6.08 Å². The molecule has 0 bridgehead atoms. The van der Waals surface area contributed by atoms with Crippen molar-refractivity contribution in [2.24, 2.45) is 0 Å². The van der Waals surface area contributed by atoms with Gasteiger partial charge in [-0.3, -0.25) is 4.90 Å². The third-order valence-corrected chi connectivity index (χ3v) is 3.60. The van der Waals surface area contributed by atoms with Gasteiger partial charge in [0.05, 0.1) is 13.2 Å². The van der Waals surface area contributed by atoms with Crippen molar-refractivity contribution in [1.82, 2.24) is 4.90 Å². The normalized spacial score (nSPS) is 18.7. The van der Waals surface area contributed by atoms with Crippen molar-refractivity contribution in [1.29, 1.82) is 0 Å². The zero-order chi connectivity index (χ0) is 13.7. The Morgan fingerprint density at radius 1 is 1.16 bits per heavy atom. The van der Waals surface area contributed by atoms with Crippen LogP contribution in [0.1, 0.15) is 12.5 Å². The molecule has 1 heterocycles. The molecular formula is C16H24N2O. The predicted molar refractivity (Wildman–Crippen MR) is 81.7 cm³/mol. The van der Waals surface area contributed by atoms with Crippen LogP contribution in [0.4, 0.5) is 5.69 Å². The molecule has 3 heteroatoms. The number of anilines is 1. The zero-order valence-corrected chi connectivity index (χ0v) is 12.2. The van der Waals surface area contributed by atoms with E-state index in [1.807, 2.05) is 0 Å². The quantitative estimate of drug-likeness (QED) is 0.827. The van der Waals surface area contributed by atoms with Crippen LogP contribution in [0.2, 0.25) is 0 Å². The molecule has 3 nitrogen and oxygen atoms in total. The van der Waals surface area contributed by atoms with E-state index >= 15 is 0 Å². The first-order valence-electron chi connectivity index (χ1n) is 6.94. The second kappa shape index (κ2) is 6.73. The summed E-state index contributed by atoms with van der Waals surface area (Å²) in [4.78, 5) is 4.57. The minimum Gasteiger partial charge on any atom is -0.379 e. The number of rotatable bonds is 4. The highest BCUT2D eigenvalue weighted by Crippen LogP contribution is 2.14. The van der Waals surface area contributed by atoms with E-state index in [1.54, 1.807) is 0 Å². The van der Waals surface area contributed by atoms with Gasteiger partial charge in [-0.15, -0.1) is 0 Å². The SMILES string of the molecule is CC(C=Cc1ccc(N(C)C)cc1)N1CCOCC1. The van der Waals surface area contributed by atoms with Crippen molar-refractivity contribution in [3.05, 3.63) is 35.9 Å². The molecule has 1 aromatic rings. The van der Waals surface area contributed by atoms with Gasteiger partial charge < -0.3 is 9.64 Å². The molecule has 1 atom stereocenters. The Labute approximate surface area is 116 Å². The summed E-state index contributed by atoms with van der Waals surface area (Å²) in [6, 6.07) is 9.10. The maximum absolute atomic E-state index is 5.38. The molecule has 1 unspecified atom stereocenters. The van der Waals surface area contributed by atoms with Gasteiger partial charge in [0.1, 0.15) is 0 Å². The monoisotopic (exact) mass is 260 g/mol. The summed E-state index contributed by atoms with van der Waals surface area (Å²) in [6.45, 7) is 6.03. The average molecular weight is 260 g/mol. The van der Waals surface area contributed by atoms with Crippen molar-refractivity contribution in [3.8, 4) is 0 Å². The second-order valence-corrected chi connectivity index (χ2v) is 5.23. The number of ether oxygens (including phenoxy) is 1. The predicted octanol–water partition coefficient (Wildman–Crippen LogP) is 2.49. The Bertz CT molecular complexity index is 405. The van der Waals surface area contributed by atoms with Crippen LogP contribution in [0.5, 0.6) is 0 Å². The highest BCUT2D eigenvalue weighted by molar-refractivity contribution is 5.55. The summed E-state index contributed by atoms with van der Waals surface area (Å²) in [6.07, 6.45) is 4.48. The lowest BCUT2D eigenvalue weighted by Gasteiger charge is -2.30. The van der Waals surface area contributed by atoms with E-state index in [0.29, 0.717) is 6.04 Å². The molecule has 0 radical (unpaired) electrons.